The van der Waals surface area contributed by atoms with Crippen molar-refractivity contribution in [2.75, 3.05) is 6.26 Å². The Kier molecular flexibility index (Phi) is 2.46. The number of aryl methyl sites for hydroxylation is 1. The van der Waals surface area contributed by atoms with Gasteiger partial charge in [0.2, 0.25) is 15.0 Å². The number of aromatic nitrogens is 3. The highest BCUT2D eigenvalue weighted by atomic mass is 32.2. The summed E-state index contributed by atoms with van der Waals surface area (Å²) < 4.78 is 23.7. The van der Waals surface area contributed by atoms with Crippen LogP contribution in [0.1, 0.15) is 13.3 Å². The Balaban J connectivity index is 3.08. The molecule has 1 aromatic rings. The number of rotatable bonds is 3. The van der Waals surface area contributed by atoms with Gasteiger partial charge in [-0.05, 0) is 6.42 Å². The third-order valence-electron chi connectivity index (χ3n) is 1.38. The molecule has 0 aromatic carbocycles. The molecule has 1 heterocycles. The molecule has 1 aromatic heterocycles. The van der Waals surface area contributed by atoms with Crippen molar-refractivity contribution in [3.05, 3.63) is 6.33 Å². The highest BCUT2D eigenvalue weighted by Crippen LogP contribution is 2.04. The highest BCUT2D eigenvalue weighted by Gasteiger charge is 2.14. The van der Waals surface area contributed by atoms with Gasteiger partial charge in [0.25, 0.3) is 0 Å². The molecule has 0 saturated heterocycles. The van der Waals surface area contributed by atoms with E-state index in [9.17, 15) is 8.42 Å². The lowest BCUT2D eigenvalue weighted by Gasteiger charge is -2.00. The van der Waals surface area contributed by atoms with E-state index < -0.39 is 9.84 Å². The van der Waals surface area contributed by atoms with E-state index >= 15 is 0 Å². The number of hydrogen-bond donors (Lipinski definition) is 0. The Bertz CT molecular complexity index is 355. The van der Waals surface area contributed by atoms with Gasteiger partial charge in [-0.3, -0.25) is 0 Å². The van der Waals surface area contributed by atoms with Crippen LogP contribution in [0.5, 0.6) is 0 Å². The minimum absolute atomic E-state index is 0.0457. The SMILES string of the molecule is CCCn1cnnc1S(C)(=O)=O. The van der Waals surface area contributed by atoms with Crippen LogP contribution in [0.3, 0.4) is 0 Å². The van der Waals surface area contributed by atoms with Gasteiger partial charge in [-0.2, -0.15) is 0 Å². The summed E-state index contributed by atoms with van der Waals surface area (Å²) in [6, 6.07) is 0. The molecule has 0 atom stereocenters. The van der Waals surface area contributed by atoms with Gasteiger partial charge in [-0.15, -0.1) is 10.2 Å². The van der Waals surface area contributed by atoms with Crippen molar-refractivity contribution in [1.82, 2.24) is 14.8 Å². The van der Waals surface area contributed by atoms with E-state index in [4.69, 9.17) is 0 Å². The van der Waals surface area contributed by atoms with Gasteiger partial charge in [0.1, 0.15) is 6.33 Å². The van der Waals surface area contributed by atoms with Crippen LogP contribution in [0, 0.1) is 0 Å². The van der Waals surface area contributed by atoms with Gasteiger partial charge in [-0.25, -0.2) is 8.42 Å². The van der Waals surface area contributed by atoms with Crippen LogP contribution in [0.25, 0.3) is 0 Å². The second kappa shape index (κ2) is 3.22. The summed E-state index contributed by atoms with van der Waals surface area (Å²) in [6.07, 6.45) is 3.42. The van der Waals surface area contributed by atoms with Crippen LogP contribution in [0.4, 0.5) is 0 Å². The Labute approximate surface area is 71.3 Å². The second-order valence-corrected chi connectivity index (χ2v) is 4.49. The average molecular weight is 189 g/mol. The zero-order valence-corrected chi connectivity index (χ0v) is 7.87. The van der Waals surface area contributed by atoms with E-state index in [1.54, 1.807) is 0 Å². The topological polar surface area (TPSA) is 64.8 Å². The summed E-state index contributed by atoms with van der Waals surface area (Å²) >= 11 is 0. The van der Waals surface area contributed by atoms with Crippen molar-refractivity contribution in [2.45, 2.75) is 25.0 Å². The van der Waals surface area contributed by atoms with Gasteiger partial charge < -0.3 is 4.57 Å². The summed E-state index contributed by atoms with van der Waals surface area (Å²) in [7, 11) is -3.22. The zero-order valence-electron chi connectivity index (χ0n) is 7.06. The molecule has 0 aliphatic rings. The third kappa shape index (κ3) is 1.82. The van der Waals surface area contributed by atoms with Gasteiger partial charge in [-0.1, -0.05) is 6.92 Å². The number of nitrogens with zero attached hydrogens (tertiary/aromatic N) is 3. The van der Waals surface area contributed by atoms with Crippen molar-refractivity contribution >= 4 is 9.84 Å². The molecular formula is C6H11N3O2S. The summed E-state index contributed by atoms with van der Waals surface area (Å²) in [4.78, 5) is 0. The lowest BCUT2D eigenvalue weighted by Crippen LogP contribution is -2.08. The Morgan fingerprint density at radius 3 is 2.75 bits per heavy atom. The predicted molar refractivity (Wildman–Crippen MR) is 43.4 cm³/mol. The molecular weight excluding hydrogens is 178 g/mol. The van der Waals surface area contributed by atoms with Crippen molar-refractivity contribution in [2.24, 2.45) is 0 Å². The maximum Gasteiger partial charge on any atom is 0.249 e. The van der Waals surface area contributed by atoms with Gasteiger partial charge >= 0.3 is 0 Å². The monoisotopic (exact) mass is 189 g/mol. The van der Waals surface area contributed by atoms with Crippen LogP contribution >= 0.6 is 0 Å². The summed E-state index contributed by atoms with van der Waals surface area (Å²) in [5.41, 5.74) is 0. The molecule has 0 fully saturated rings. The summed E-state index contributed by atoms with van der Waals surface area (Å²) in [6.45, 7) is 2.60. The molecule has 0 spiro atoms. The van der Waals surface area contributed by atoms with E-state index in [1.165, 1.54) is 10.9 Å². The Hall–Kier alpha value is -0.910. The summed E-state index contributed by atoms with van der Waals surface area (Å²) in [5.74, 6) is 0. The van der Waals surface area contributed by atoms with Crippen molar-refractivity contribution in [3.8, 4) is 0 Å². The Morgan fingerprint density at radius 1 is 1.58 bits per heavy atom. The average Bonchev–Trinajstić information content (AvgIpc) is 2.34. The molecule has 0 amide bonds. The molecule has 0 aliphatic heterocycles. The van der Waals surface area contributed by atoms with E-state index in [-0.39, 0.29) is 5.16 Å². The maximum atomic E-state index is 11.1. The van der Waals surface area contributed by atoms with Gasteiger partial charge in [0, 0.05) is 12.8 Å². The lowest BCUT2D eigenvalue weighted by molar-refractivity contribution is 0.561. The zero-order chi connectivity index (χ0) is 9.19. The van der Waals surface area contributed by atoms with Crippen molar-refractivity contribution in [3.63, 3.8) is 0 Å². The second-order valence-electron chi connectivity index (χ2n) is 2.58. The molecule has 0 saturated carbocycles. The van der Waals surface area contributed by atoms with E-state index in [0.717, 1.165) is 12.7 Å². The van der Waals surface area contributed by atoms with Crippen LogP contribution in [0.15, 0.2) is 11.5 Å². The molecule has 6 heteroatoms. The predicted octanol–water partition coefficient (Wildman–Crippen LogP) is 0.0916. The molecule has 0 unspecified atom stereocenters. The molecule has 0 bridgehead atoms. The lowest BCUT2D eigenvalue weighted by atomic mass is 10.5. The minimum Gasteiger partial charge on any atom is -0.305 e. The molecule has 0 radical (unpaired) electrons. The largest absolute Gasteiger partial charge is 0.305 e. The summed E-state index contributed by atoms with van der Waals surface area (Å²) in [5, 5.41) is 7.12. The molecule has 1 rings (SSSR count). The minimum atomic E-state index is -3.22. The first-order chi connectivity index (χ1) is 5.55. The maximum absolute atomic E-state index is 11.1. The molecule has 12 heavy (non-hydrogen) atoms. The van der Waals surface area contributed by atoms with E-state index in [1.807, 2.05) is 6.92 Å². The number of sulfone groups is 1. The normalized spacial score (nSPS) is 11.8. The standard InChI is InChI=1S/C6H11N3O2S/c1-3-4-9-5-7-8-6(9)12(2,10)11/h5H,3-4H2,1-2H3. The van der Waals surface area contributed by atoms with Crippen LogP contribution < -0.4 is 0 Å². The fourth-order valence-electron chi connectivity index (χ4n) is 0.926. The van der Waals surface area contributed by atoms with Crippen molar-refractivity contribution in [1.29, 1.82) is 0 Å². The van der Waals surface area contributed by atoms with Crippen LogP contribution in [0.2, 0.25) is 0 Å². The fourth-order valence-corrected chi connectivity index (χ4v) is 1.69. The first-order valence-electron chi connectivity index (χ1n) is 3.63. The van der Waals surface area contributed by atoms with Crippen molar-refractivity contribution < 1.29 is 8.42 Å². The molecule has 68 valence electrons. The number of hydrogen-bond acceptors (Lipinski definition) is 4. The Morgan fingerprint density at radius 2 is 2.25 bits per heavy atom. The first kappa shape index (κ1) is 9.18. The first-order valence-corrected chi connectivity index (χ1v) is 5.52. The van der Waals surface area contributed by atoms with Gasteiger partial charge in [0.05, 0.1) is 0 Å². The van der Waals surface area contributed by atoms with E-state index in [0.29, 0.717) is 6.54 Å². The molecule has 0 aliphatic carbocycles. The van der Waals surface area contributed by atoms with Crippen LogP contribution in [-0.4, -0.2) is 29.4 Å². The smallest absolute Gasteiger partial charge is 0.249 e. The quantitative estimate of drug-likeness (QED) is 0.676. The fraction of sp³-hybridized carbons (Fsp3) is 0.667. The van der Waals surface area contributed by atoms with Gasteiger partial charge in [0.15, 0.2) is 0 Å². The van der Waals surface area contributed by atoms with Crippen LogP contribution in [-0.2, 0) is 16.4 Å². The molecule has 5 nitrogen and oxygen atoms in total. The third-order valence-corrected chi connectivity index (χ3v) is 2.36. The highest BCUT2D eigenvalue weighted by molar-refractivity contribution is 7.90. The molecule has 0 N–H and O–H groups in total. The van der Waals surface area contributed by atoms with E-state index in [2.05, 4.69) is 10.2 Å².